The lowest BCUT2D eigenvalue weighted by molar-refractivity contribution is -0.160. The number of ether oxygens (including phenoxy) is 3. The van der Waals surface area contributed by atoms with Crippen LogP contribution in [0.4, 0.5) is 0 Å². The Balaban J connectivity index is 1.93. The maximum absolute atomic E-state index is 12.9. The van der Waals surface area contributed by atoms with Crippen molar-refractivity contribution in [1.29, 1.82) is 0 Å². The van der Waals surface area contributed by atoms with E-state index in [2.05, 4.69) is 6.58 Å². The van der Waals surface area contributed by atoms with Gasteiger partial charge in [-0.2, -0.15) is 0 Å². The molecule has 2 aliphatic carbocycles. The molecule has 2 saturated carbocycles. The summed E-state index contributed by atoms with van der Waals surface area (Å²) in [6.07, 6.45) is 1.92. The standard InChI is InChI=1S/C22H31O6/c1-7-11(2)21(25)28-17-8-12(3)15-9-16(24)18(13(4)27-14(5)23)19(15)20(17)22(6)10-26-22/h8,11,13,15,17-20H,3,7,9-10H2,1-2,4-6H3/t11-,13-,15+,17-,18-,19+,20+,22+/m0/s1. The molecule has 6 heteroatoms. The summed E-state index contributed by atoms with van der Waals surface area (Å²) in [4.78, 5) is 36.9. The molecule has 155 valence electrons. The third-order valence-electron chi connectivity index (χ3n) is 6.72. The fourth-order valence-electron chi connectivity index (χ4n) is 4.96. The predicted octanol–water partition coefficient (Wildman–Crippen LogP) is 2.90. The number of hydrogen-bond donors (Lipinski definition) is 0. The second-order valence-corrected chi connectivity index (χ2v) is 8.77. The maximum atomic E-state index is 12.9. The highest BCUT2D eigenvalue weighted by Gasteiger charge is 2.64. The summed E-state index contributed by atoms with van der Waals surface area (Å²) in [5.41, 5.74) is 0.359. The number of fused-ring (bicyclic) bond motifs is 1. The summed E-state index contributed by atoms with van der Waals surface area (Å²) in [6, 6.07) is 0. The first-order valence-corrected chi connectivity index (χ1v) is 10.2. The highest BCUT2D eigenvalue weighted by atomic mass is 16.6. The number of esters is 2. The van der Waals surface area contributed by atoms with Crippen LogP contribution >= 0.6 is 0 Å². The molecule has 6 nitrogen and oxygen atoms in total. The molecule has 0 aromatic heterocycles. The molecule has 1 heterocycles. The molecule has 0 unspecified atom stereocenters. The lowest BCUT2D eigenvalue weighted by Crippen LogP contribution is -2.51. The van der Waals surface area contributed by atoms with Gasteiger partial charge in [0.05, 0.1) is 24.0 Å². The van der Waals surface area contributed by atoms with Gasteiger partial charge in [0.1, 0.15) is 18.0 Å². The van der Waals surface area contributed by atoms with Gasteiger partial charge in [-0.05, 0) is 32.1 Å². The van der Waals surface area contributed by atoms with Crippen molar-refractivity contribution in [1.82, 2.24) is 0 Å². The van der Waals surface area contributed by atoms with Gasteiger partial charge in [0.25, 0.3) is 0 Å². The van der Waals surface area contributed by atoms with Crippen molar-refractivity contribution in [3.8, 4) is 0 Å². The highest BCUT2D eigenvalue weighted by molar-refractivity contribution is 5.86. The van der Waals surface area contributed by atoms with E-state index in [0.29, 0.717) is 19.4 Å². The van der Waals surface area contributed by atoms with Gasteiger partial charge < -0.3 is 14.2 Å². The fourth-order valence-corrected chi connectivity index (χ4v) is 4.96. The van der Waals surface area contributed by atoms with Crippen LogP contribution in [0, 0.1) is 36.0 Å². The van der Waals surface area contributed by atoms with Crippen LogP contribution in [0.3, 0.4) is 0 Å². The normalized spacial score (nSPS) is 39.1. The second kappa shape index (κ2) is 7.62. The van der Waals surface area contributed by atoms with E-state index >= 15 is 0 Å². The Bertz CT molecular complexity index is 679. The summed E-state index contributed by atoms with van der Waals surface area (Å²) in [5.74, 6) is -1.59. The summed E-state index contributed by atoms with van der Waals surface area (Å²) in [5, 5.41) is 0. The molecule has 1 radical (unpaired) electrons. The monoisotopic (exact) mass is 391 g/mol. The van der Waals surface area contributed by atoms with Gasteiger partial charge in [-0.3, -0.25) is 14.4 Å². The SMILES string of the molecule is C=C1[CH][C@H](OC(=O)[C@@H](C)CC)[C@@H]([C@@]2(C)CO2)[C@H]2[C@@H]([C@H](C)OC(C)=O)C(=O)C[C@H]12. The Morgan fingerprint density at radius 2 is 2.04 bits per heavy atom. The number of hydrogen-bond acceptors (Lipinski definition) is 6. The van der Waals surface area contributed by atoms with Crippen LogP contribution in [0.5, 0.6) is 0 Å². The minimum absolute atomic E-state index is 0.0416. The Morgan fingerprint density at radius 1 is 1.39 bits per heavy atom. The minimum Gasteiger partial charge on any atom is -0.462 e. The Hall–Kier alpha value is -1.69. The third kappa shape index (κ3) is 3.76. The molecule has 0 amide bonds. The lowest BCUT2D eigenvalue weighted by Gasteiger charge is -2.45. The van der Waals surface area contributed by atoms with E-state index < -0.39 is 29.7 Å². The van der Waals surface area contributed by atoms with Gasteiger partial charge in [0.15, 0.2) is 0 Å². The molecule has 0 N–H and O–H groups in total. The molecule has 0 aromatic carbocycles. The predicted molar refractivity (Wildman–Crippen MR) is 102 cm³/mol. The average Bonchev–Trinajstić information content (AvgIpc) is 3.24. The first-order valence-electron chi connectivity index (χ1n) is 10.2. The summed E-state index contributed by atoms with van der Waals surface area (Å²) >= 11 is 0. The van der Waals surface area contributed by atoms with Gasteiger partial charge in [0, 0.05) is 25.7 Å². The maximum Gasteiger partial charge on any atom is 0.308 e. The molecule has 0 bridgehead atoms. The van der Waals surface area contributed by atoms with Gasteiger partial charge >= 0.3 is 11.9 Å². The van der Waals surface area contributed by atoms with Crippen LogP contribution in [-0.2, 0) is 28.6 Å². The van der Waals surface area contributed by atoms with Gasteiger partial charge in [-0.25, -0.2) is 0 Å². The molecule has 3 rings (SSSR count). The Morgan fingerprint density at radius 3 is 2.57 bits per heavy atom. The van der Waals surface area contributed by atoms with E-state index in [1.165, 1.54) is 6.92 Å². The molecular weight excluding hydrogens is 360 g/mol. The van der Waals surface area contributed by atoms with E-state index in [1.807, 2.05) is 27.2 Å². The molecule has 0 aromatic rings. The smallest absolute Gasteiger partial charge is 0.308 e. The van der Waals surface area contributed by atoms with Crippen LogP contribution < -0.4 is 0 Å². The topological polar surface area (TPSA) is 82.2 Å². The minimum atomic E-state index is -0.540. The van der Waals surface area contributed by atoms with Crippen molar-refractivity contribution in [2.24, 2.45) is 29.6 Å². The van der Waals surface area contributed by atoms with Crippen LogP contribution in [-0.4, -0.2) is 42.1 Å². The van der Waals surface area contributed by atoms with E-state index in [4.69, 9.17) is 14.2 Å². The van der Waals surface area contributed by atoms with Crippen molar-refractivity contribution in [3.05, 3.63) is 18.6 Å². The quantitative estimate of drug-likeness (QED) is 0.511. The van der Waals surface area contributed by atoms with E-state index in [9.17, 15) is 14.4 Å². The van der Waals surface area contributed by atoms with Gasteiger partial charge in [-0.15, -0.1) is 0 Å². The van der Waals surface area contributed by atoms with Crippen LogP contribution in [0.2, 0.25) is 0 Å². The van der Waals surface area contributed by atoms with Crippen LogP contribution in [0.15, 0.2) is 12.2 Å². The van der Waals surface area contributed by atoms with Crippen molar-refractivity contribution >= 4 is 17.7 Å². The van der Waals surface area contributed by atoms with Crippen LogP contribution in [0.25, 0.3) is 0 Å². The lowest BCUT2D eigenvalue weighted by atomic mass is 9.62. The largest absolute Gasteiger partial charge is 0.462 e. The molecule has 3 aliphatic rings. The molecular formula is C22H31O6. The van der Waals surface area contributed by atoms with Gasteiger partial charge in [-0.1, -0.05) is 26.0 Å². The molecule has 28 heavy (non-hydrogen) atoms. The van der Waals surface area contributed by atoms with Gasteiger partial charge in [0.2, 0.25) is 0 Å². The fraction of sp³-hybridized carbons (Fsp3) is 0.727. The van der Waals surface area contributed by atoms with Crippen LogP contribution in [0.1, 0.15) is 47.5 Å². The zero-order valence-electron chi connectivity index (χ0n) is 17.4. The summed E-state index contributed by atoms with van der Waals surface area (Å²) in [6.45, 7) is 13.6. The average molecular weight is 391 g/mol. The number of carbonyl (C=O) groups is 3. The summed E-state index contributed by atoms with van der Waals surface area (Å²) in [7, 11) is 0. The third-order valence-corrected chi connectivity index (χ3v) is 6.72. The van der Waals surface area contributed by atoms with E-state index in [0.717, 1.165) is 5.57 Å². The highest BCUT2D eigenvalue weighted by Crippen LogP contribution is 2.57. The number of ketones is 1. The first-order chi connectivity index (χ1) is 13.1. The van der Waals surface area contributed by atoms with Crippen molar-refractivity contribution in [3.63, 3.8) is 0 Å². The summed E-state index contributed by atoms with van der Waals surface area (Å²) < 4.78 is 17.0. The zero-order chi connectivity index (χ0) is 20.8. The molecule has 1 saturated heterocycles. The molecule has 3 fully saturated rings. The first kappa shape index (κ1) is 21.0. The van der Waals surface area contributed by atoms with Crippen molar-refractivity contribution in [2.45, 2.75) is 65.3 Å². The molecule has 1 aliphatic heterocycles. The van der Waals surface area contributed by atoms with E-state index in [-0.39, 0.29) is 35.4 Å². The number of carbonyl (C=O) groups excluding carboxylic acids is 3. The Labute approximate surface area is 167 Å². The number of Topliss-reactive ketones (excluding diaryl/α,β-unsaturated/α-hetero) is 1. The van der Waals surface area contributed by atoms with Crippen molar-refractivity contribution < 1.29 is 28.6 Å². The molecule has 8 atom stereocenters. The van der Waals surface area contributed by atoms with Crippen molar-refractivity contribution in [2.75, 3.05) is 6.61 Å². The zero-order valence-corrected chi connectivity index (χ0v) is 17.4. The number of epoxide rings is 1. The second-order valence-electron chi connectivity index (χ2n) is 8.77. The Kier molecular flexibility index (Phi) is 5.72. The molecule has 0 spiro atoms. The number of rotatable bonds is 6. The van der Waals surface area contributed by atoms with E-state index in [1.54, 1.807) is 6.92 Å².